The molecule has 0 fully saturated rings. The van der Waals surface area contributed by atoms with E-state index >= 15 is 0 Å². The van der Waals surface area contributed by atoms with Gasteiger partial charge in [-0.15, -0.1) is 11.8 Å². The Morgan fingerprint density at radius 2 is 1.96 bits per heavy atom. The van der Waals surface area contributed by atoms with Crippen LogP contribution in [-0.2, 0) is 6.54 Å². The first-order valence-electron chi connectivity index (χ1n) is 8.30. The van der Waals surface area contributed by atoms with E-state index < -0.39 is 0 Å². The smallest absolute Gasteiger partial charge is 0.255 e. The molecule has 0 spiro atoms. The second-order valence-corrected chi connectivity index (χ2v) is 6.92. The summed E-state index contributed by atoms with van der Waals surface area (Å²) in [4.78, 5) is 28.4. The van der Waals surface area contributed by atoms with Crippen molar-refractivity contribution in [1.29, 1.82) is 0 Å². The Kier molecular flexibility index (Phi) is 5.86. The van der Waals surface area contributed by atoms with Crippen LogP contribution >= 0.6 is 11.8 Å². The van der Waals surface area contributed by atoms with Gasteiger partial charge in [-0.2, -0.15) is 0 Å². The van der Waals surface area contributed by atoms with Crippen LogP contribution in [0.5, 0.6) is 0 Å². The van der Waals surface area contributed by atoms with Crippen molar-refractivity contribution in [2.45, 2.75) is 18.5 Å². The highest BCUT2D eigenvalue weighted by atomic mass is 32.2. The van der Waals surface area contributed by atoms with Gasteiger partial charge in [0.05, 0.1) is 11.6 Å². The van der Waals surface area contributed by atoms with E-state index in [-0.39, 0.29) is 11.5 Å². The molecule has 1 amide bonds. The van der Waals surface area contributed by atoms with E-state index in [0.717, 1.165) is 16.3 Å². The van der Waals surface area contributed by atoms with Crippen LogP contribution in [0, 0.1) is 0 Å². The van der Waals surface area contributed by atoms with Crippen LogP contribution in [0.2, 0.25) is 0 Å². The summed E-state index contributed by atoms with van der Waals surface area (Å²) in [7, 11) is 0. The Morgan fingerprint density at radius 1 is 1.15 bits per heavy atom. The van der Waals surface area contributed by atoms with E-state index in [4.69, 9.17) is 0 Å². The summed E-state index contributed by atoms with van der Waals surface area (Å²) in [5.74, 6) is 0.738. The van der Waals surface area contributed by atoms with Crippen LogP contribution in [0.1, 0.15) is 22.8 Å². The third-order valence-corrected chi connectivity index (χ3v) is 4.56. The molecule has 2 aromatic heterocycles. The number of benzene rings is 1. The number of amides is 1. The summed E-state index contributed by atoms with van der Waals surface area (Å²) in [5, 5.41) is 3.72. The number of carbonyl (C=O) groups excluding carboxylic acids is 1. The number of nitrogens with zero attached hydrogens (tertiary/aromatic N) is 2. The minimum absolute atomic E-state index is 0.0386. The second-order valence-electron chi connectivity index (χ2n) is 5.63. The highest BCUT2D eigenvalue weighted by Crippen LogP contribution is 2.17. The molecule has 1 N–H and O–H groups in total. The molecule has 2 heterocycles. The number of thioether (sulfide) groups is 1. The van der Waals surface area contributed by atoms with Crippen molar-refractivity contribution in [1.82, 2.24) is 9.55 Å². The molecule has 0 aliphatic rings. The molecule has 0 radical (unpaired) electrons. The molecular weight excluding hydrogens is 346 g/mol. The zero-order valence-corrected chi connectivity index (χ0v) is 15.2. The lowest BCUT2D eigenvalue weighted by Crippen LogP contribution is -2.18. The lowest BCUT2D eigenvalue weighted by atomic mass is 10.2. The Bertz CT molecular complexity index is 952. The van der Waals surface area contributed by atoms with Gasteiger partial charge in [0.2, 0.25) is 0 Å². The standard InChI is InChI=1S/C20H19N3O2S/c1-2-26-18-13-16(10-11-21-18)20(25)22-17-8-6-15(7-9-17)14-23-12-4-3-5-19(23)24/h3-13H,2,14H2,1H3,(H,22,25). The lowest BCUT2D eigenvalue weighted by Gasteiger charge is -2.08. The summed E-state index contributed by atoms with van der Waals surface area (Å²) in [6.07, 6.45) is 3.40. The Morgan fingerprint density at radius 3 is 2.69 bits per heavy atom. The molecule has 3 aromatic rings. The molecule has 0 atom stereocenters. The van der Waals surface area contributed by atoms with Crippen molar-refractivity contribution in [3.8, 4) is 0 Å². The first kappa shape index (κ1) is 17.9. The molecule has 26 heavy (non-hydrogen) atoms. The molecule has 0 bridgehead atoms. The van der Waals surface area contributed by atoms with Gasteiger partial charge in [0.15, 0.2) is 0 Å². The van der Waals surface area contributed by atoms with Crippen molar-refractivity contribution in [2.75, 3.05) is 11.1 Å². The van der Waals surface area contributed by atoms with E-state index in [0.29, 0.717) is 17.8 Å². The summed E-state index contributed by atoms with van der Waals surface area (Å²) < 4.78 is 1.64. The summed E-state index contributed by atoms with van der Waals surface area (Å²) in [6.45, 7) is 2.54. The molecule has 132 valence electrons. The summed E-state index contributed by atoms with van der Waals surface area (Å²) in [5.41, 5.74) is 2.24. The zero-order chi connectivity index (χ0) is 18.4. The fraction of sp³-hybridized carbons (Fsp3) is 0.150. The average molecular weight is 365 g/mol. The first-order chi connectivity index (χ1) is 12.7. The Balaban J connectivity index is 1.67. The number of nitrogens with one attached hydrogen (secondary N) is 1. The van der Waals surface area contributed by atoms with Gasteiger partial charge in [-0.3, -0.25) is 9.59 Å². The normalized spacial score (nSPS) is 10.5. The van der Waals surface area contributed by atoms with Gasteiger partial charge in [-0.25, -0.2) is 4.98 Å². The predicted octanol–water partition coefficient (Wildman–Crippen LogP) is 3.66. The largest absolute Gasteiger partial charge is 0.322 e. The van der Waals surface area contributed by atoms with Crippen LogP contribution in [0.3, 0.4) is 0 Å². The van der Waals surface area contributed by atoms with Crippen molar-refractivity contribution < 1.29 is 4.79 Å². The Labute approximate surface area is 156 Å². The van der Waals surface area contributed by atoms with Crippen LogP contribution in [0.15, 0.2) is 76.8 Å². The fourth-order valence-corrected chi connectivity index (χ4v) is 3.10. The van der Waals surface area contributed by atoms with Crippen LogP contribution in [0.4, 0.5) is 5.69 Å². The molecule has 5 nitrogen and oxygen atoms in total. The quantitative estimate of drug-likeness (QED) is 0.677. The molecule has 6 heteroatoms. The van der Waals surface area contributed by atoms with E-state index in [9.17, 15) is 9.59 Å². The highest BCUT2D eigenvalue weighted by Gasteiger charge is 2.08. The van der Waals surface area contributed by atoms with Crippen LogP contribution < -0.4 is 10.9 Å². The minimum Gasteiger partial charge on any atom is -0.322 e. The monoisotopic (exact) mass is 365 g/mol. The van der Waals surface area contributed by atoms with Gasteiger partial charge < -0.3 is 9.88 Å². The average Bonchev–Trinajstić information content (AvgIpc) is 2.66. The van der Waals surface area contributed by atoms with Crippen LogP contribution in [-0.4, -0.2) is 21.2 Å². The molecular formula is C20H19N3O2S. The molecule has 0 aliphatic carbocycles. The van der Waals surface area contributed by atoms with Crippen LogP contribution in [0.25, 0.3) is 0 Å². The first-order valence-corrected chi connectivity index (χ1v) is 9.29. The molecule has 0 saturated heterocycles. The second kappa shape index (κ2) is 8.49. The van der Waals surface area contributed by atoms with Gasteiger partial charge in [0, 0.05) is 29.7 Å². The molecule has 0 aliphatic heterocycles. The number of carbonyl (C=O) groups is 1. The number of pyridine rings is 2. The fourth-order valence-electron chi connectivity index (χ4n) is 2.46. The van der Waals surface area contributed by atoms with Gasteiger partial charge in [-0.1, -0.05) is 25.1 Å². The number of anilines is 1. The predicted molar refractivity (Wildman–Crippen MR) is 105 cm³/mol. The third kappa shape index (κ3) is 4.61. The van der Waals surface area contributed by atoms with E-state index in [1.54, 1.807) is 46.9 Å². The Hall–Kier alpha value is -2.86. The van der Waals surface area contributed by atoms with E-state index in [1.165, 1.54) is 6.07 Å². The summed E-state index contributed by atoms with van der Waals surface area (Å²) >= 11 is 1.60. The van der Waals surface area contributed by atoms with Crippen molar-refractivity contribution in [3.05, 3.63) is 88.5 Å². The van der Waals surface area contributed by atoms with Crippen molar-refractivity contribution in [3.63, 3.8) is 0 Å². The van der Waals surface area contributed by atoms with Gasteiger partial charge in [0.1, 0.15) is 0 Å². The maximum Gasteiger partial charge on any atom is 0.255 e. The number of rotatable bonds is 6. The highest BCUT2D eigenvalue weighted by molar-refractivity contribution is 7.99. The number of aromatic nitrogens is 2. The maximum absolute atomic E-state index is 12.4. The lowest BCUT2D eigenvalue weighted by molar-refractivity contribution is 0.102. The number of hydrogen-bond acceptors (Lipinski definition) is 4. The van der Waals surface area contributed by atoms with Crippen molar-refractivity contribution >= 4 is 23.4 Å². The summed E-state index contributed by atoms with van der Waals surface area (Å²) in [6, 6.07) is 16.1. The van der Waals surface area contributed by atoms with Gasteiger partial charge in [-0.05, 0) is 41.6 Å². The van der Waals surface area contributed by atoms with Gasteiger partial charge in [0.25, 0.3) is 11.5 Å². The SMILES string of the molecule is CCSc1cc(C(=O)Nc2ccc(Cn3ccccc3=O)cc2)ccn1. The van der Waals surface area contributed by atoms with E-state index in [2.05, 4.69) is 10.3 Å². The minimum atomic E-state index is -0.169. The zero-order valence-electron chi connectivity index (χ0n) is 14.4. The molecule has 3 rings (SSSR count). The maximum atomic E-state index is 12.4. The number of hydrogen-bond donors (Lipinski definition) is 1. The van der Waals surface area contributed by atoms with Crippen molar-refractivity contribution in [2.24, 2.45) is 0 Å². The third-order valence-electron chi connectivity index (χ3n) is 3.75. The topological polar surface area (TPSA) is 64.0 Å². The molecule has 1 aromatic carbocycles. The molecule has 0 unspecified atom stereocenters. The molecule has 0 saturated carbocycles. The van der Waals surface area contributed by atoms with E-state index in [1.807, 2.05) is 37.3 Å². The van der Waals surface area contributed by atoms with Gasteiger partial charge >= 0.3 is 0 Å².